The first-order valence-corrected chi connectivity index (χ1v) is 11.8. The highest BCUT2D eigenvalue weighted by Gasteiger charge is 2.18. The summed E-state index contributed by atoms with van der Waals surface area (Å²) < 4.78 is 16.7. The number of thiophene rings is 1. The Morgan fingerprint density at radius 3 is 2.85 bits per heavy atom. The fourth-order valence-electron chi connectivity index (χ4n) is 4.30. The van der Waals surface area contributed by atoms with Crippen LogP contribution >= 0.6 is 11.3 Å². The Morgan fingerprint density at radius 1 is 1.21 bits per heavy atom. The summed E-state index contributed by atoms with van der Waals surface area (Å²) in [6.07, 6.45) is 3.15. The fraction of sp³-hybridized carbons (Fsp3) is 0.240. The van der Waals surface area contributed by atoms with Crippen LogP contribution in [0.15, 0.2) is 59.4 Å². The maximum Gasteiger partial charge on any atom is 0.346 e. The number of hydrogen-bond acceptors (Lipinski definition) is 5. The molecule has 0 radical (unpaired) electrons. The molecule has 2 aromatic carbocycles. The number of carbonyl (C=O) groups excluding carboxylic acids is 1. The number of amides is 1. The van der Waals surface area contributed by atoms with Crippen molar-refractivity contribution in [2.45, 2.75) is 32.9 Å². The van der Waals surface area contributed by atoms with Gasteiger partial charge in [0.25, 0.3) is 0 Å². The molecule has 1 amide bonds. The van der Waals surface area contributed by atoms with Gasteiger partial charge in [-0.25, -0.2) is 13.9 Å². The topological polar surface area (TPSA) is 94.9 Å². The highest BCUT2D eigenvalue weighted by atomic mass is 32.1. The molecule has 3 heterocycles. The van der Waals surface area contributed by atoms with Crippen LogP contribution in [0.5, 0.6) is 0 Å². The van der Waals surface area contributed by atoms with Gasteiger partial charge in [-0.3, -0.25) is 9.36 Å². The zero-order chi connectivity index (χ0) is 23.8. The van der Waals surface area contributed by atoms with Crippen LogP contribution in [0.3, 0.4) is 0 Å². The molecule has 34 heavy (non-hydrogen) atoms. The second kappa shape index (κ2) is 9.00. The molecule has 7 nitrogen and oxygen atoms in total. The third kappa shape index (κ3) is 4.20. The summed E-state index contributed by atoms with van der Waals surface area (Å²) in [7, 11) is 0. The Kier molecular flexibility index (Phi) is 5.89. The van der Waals surface area contributed by atoms with E-state index in [1.807, 2.05) is 6.92 Å². The van der Waals surface area contributed by atoms with E-state index in [0.717, 1.165) is 49.3 Å². The molecule has 0 unspecified atom stereocenters. The number of halogens is 1. The van der Waals surface area contributed by atoms with Gasteiger partial charge >= 0.3 is 5.69 Å². The van der Waals surface area contributed by atoms with Crippen LogP contribution in [0.25, 0.3) is 21.2 Å². The number of fused-ring (bicyclic) bond motifs is 2. The van der Waals surface area contributed by atoms with Gasteiger partial charge in [-0.05, 0) is 76.9 Å². The van der Waals surface area contributed by atoms with Crippen LogP contribution < -0.4 is 16.7 Å². The number of aryl methyl sites for hydroxylation is 2. The van der Waals surface area contributed by atoms with Gasteiger partial charge in [0.2, 0.25) is 5.91 Å². The Morgan fingerprint density at radius 2 is 2.06 bits per heavy atom. The lowest BCUT2D eigenvalue weighted by Gasteiger charge is -2.20. The van der Waals surface area contributed by atoms with Crippen molar-refractivity contribution >= 4 is 33.0 Å². The third-order valence-corrected chi connectivity index (χ3v) is 7.20. The van der Waals surface area contributed by atoms with Crippen molar-refractivity contribution in [1.82, 2.24) is 14.3 Å². The molecule has 1 aliphatic rings. The van der Waals surface area contributed by atoms with E-state index in [4.69, 9.17) is 5.73 Å². The normalized spacial score (nSPS) is 13.9. The number of anilines is 1. The molecule has 2 aromatic heterocycles. The summed E-state index contributed by atoms with van der Waals surface area (Å²) in [5.41, 5.74) is 10.9. The number of benzene rings is 2. The monoisotopic (exact) mass is 477 g/mol. The van der Waals surface area contributed by atoms with Gasteiger partial charge in [0, 0.05) is 28.2 Å². The van der Waals surface area contributed by atoms with Crippen molar-refractivity contribution in [2.75, 3.05) is 11.9 Å². The summed E-state index contributed by atoms with van der Waals surface area (Å²) in [5, 5.41) is 8.18. The fourth-order valence-corrected chi connectivity index (χ4v) is 5.35. The highest BCUT2D eigenvalue weighted by Crippen LogP contribution is 2.35. The first-order valence-electron chi connectivity index (χ1n) is 11.0. The molecular formula is C25H24FN5O2S. The molecule has 174 valence electrons. The molecule has 0 spiro atoms. The SMILES string of the molecule is Cc1cc(-c2ccc3sc(Cn4cnn(C/C(=C/F)CN)c4=O)cc3c2)cc2c1NC(=O)CC2. The molecule has 9 heteroatoms. The quantitative estimate of drug-likeness (QED) is 0.439. The van der Waals surface area contributed by atoms with E-state index >= 15 is 0 Å². The summed E-state index contributed by atoms with van der Waals surface area (Å²) in [4.78, 5) is 25.4. The number of nitrogens with two attached hydrogens (primary N) is 1. The average Bonchev–Trinajstić information content (AvgIpc) is 3.40. The standard InChI is InChI=1S/C25H24FN5O2S/c1-15-6-19(8-18-3-5-23(32)29-24(15)18)17-2-4-22-20(7-17)9-21(34-22)13-30-14-28-31(25(30)33)12-16(10-26)11-27/h2,4,6-10,14H,3,5,11-13,27H2,1H3,(H,29,32)/b16-10+. The summed E-state index contributed by atoms with van der Waals surface area (Å²) >= 11 is 1.63. The number of rotatable bonds is 6. The first kappa shape index (κ1) is 22.2. The average molecular weight is 478 g/mol. The maximum atomic E-state index is 12.8. The molecule has 3 N–H and O–H groups in total. The molecule has 0 atom stereocenters. The predicted molar refractivity (Wildman–Crippen MR) is 133 cm³/mol. The molecule has 5 rings (SSSR count). The minimum atomic E-state index is -0.303. The van der Waals surface area contributed by atoms with Crippen LogP contribution in [-0.2, 0) is 24.3 Å². The van der Waals surface area contributed by atoms with Gasteiger partial charge < -0.3 is 11.1 Å². The Hall–Kier alpha value is -3.56. The zero-order valence-corrected chi connectivity index (χ0v) is 19.5. The van der Waals surface area contributed by atoms with Gasteiger partial charge in [0.1, 0.15) is 6.33 Å². The van der Waals surface area contributed by atoms with Crippen molar-refractivity contribution in [3.05, 3.63) is 81.1 Å². The predicted octanol–water partition coefficient (Wildman–Crippen LogP) is 3.98. The summed E-state index contributed by atoms with van der Waals surface area (Å²) in [6, 6.07) is 12.7. The van der Waals surface area contributed by atoms with E-state index in [2.05, 4.69) is 46.8 Å². The number of hydrogen-bond donors (Lipinski definition) is 2. The maximum absolute atomic E-state index is 12.8. The molecular weight excluding hydrogens is 453 g/mol. The number of nitrogens with one attached hydrogen (secondary N) is 1. The lowest BCUT2D eigenvalue weighted by atomic mass is 9.93. The first-order chi connectivity index (χ1) is 16.4. The lowest BCUT2D eigenvalue weighted by molar-refractivity contribution is -0.116. The van der Waals surface area contributed by atoms with Crippen LogP contribution in [0.4, 0.5) is 10.1 Å². The van der Waals surface area contributed by atoms with Crippen molar-refractivity contribution < 1.29 is 9.18 Å². The van der Waals surface area contributed by atoms with E-state index in [0.29, 0.717) is 24.9 Å². The second-order valence-electron chi connectivity index (χ2n) is 8.51. The van der Waals surface area contributed by atoms with E-state index in [1.54, 1.807) is 11.3 Å². The summed E-state index contributed by atoms with van der Waals surface area (Å²) in [5.74, 6) is 0.0684. The molecule has 0 bridgehead atoms. The zero-order valence-electron chi connectivity index (χ0n) is 18.7. The van der Waals surface area contributed by atoms with E-state index < -0.39 is 0 Å². The Labute approximate surface area is 199 Å². The number of nitrogens with zero attached hydrogens (tertiary/aromatic N) is 3. The van der Waals surface area contributed by atoms with Gasteiger partial charge in [-0.15, -0.1) is 11.3 Å². The van der Waals surface area contributed by atoms with Crippen LogP contribution in [0.2, 0.25) is 0 Å². The van der Waals surface area contributed by atoms with Crippen LogP contribution in [0, 0.1) is 6.92 Å². The smallest absolute Gasteiger partial charge is 0.327 e. The van der Waals surface area contributed by atoms with Crippen LogP contribution in [0.1, 0.15) is 22.4 Å². The van der Waals surface area contributed by atoms with Crippen molar-refractivity contribution in [3.8, 4) is 11.1 Å². The van der Waals surface area contributed by atoms with Gasteiger partial charge in [-0.1, -0.05) is 6.07 Å². The molecule has 0 aliphatic carbocycles. The molecule has 0 saturated heterocycles. The van der Waals surface area contributed by atoms with E-state index in [9.17, 15) is 14.0 Å². The number of aromatic nitrogens is 3. The molecule has 0 fully saturated rings. The minimum absolute atomic E-state index is 0.0346. The number of carbonyl (C=O) groups is 1. The van der Waals surface area contributed by atoms with Gasteiger partial charge in [0.05, 0.1) is 19.4 Å². The molecule has 4 aromatic rings. The molecule has 1 aliphatic heterocycles. The largest absolute Gasteiger partial charge is 0.346 e. The van der Waals surface area contributed by atoms with Gasteiger partial charge in [-0.2, -0.15) is 5.10 Å². The van der Waals surface area contributed by atoms with Crippen molar-refractivity contribution in [1.29, 1.82) is 0 Å². The van der Waals surface area contributed by atoms with E-state index in [1.165, 1.54) is 15.6 Å². The second-order valence-corrected chi connectivity index (χ2v) is 9.68. The molecule has 0 saturated carbocycles. The highest BCUT2D eigenvalue weighted by molar-refractivity contribution is 7.19. The lowest BCUT2D eigenvalue weighted by Crippen LogP contribution is -2.26. The Balaban J connectivity index is 1.41. The van der Waals surface area contributed by atoms with E-state index in [-0.39, 0.29) is 24.7 Å². The van der Waals surface area contributed by atoms with Gasteiger partial charge in [0.15, 0.2) is 0 Å². The summed E-state index contributed by atoms with van der Waals surface area (Å²) in [6.45, 7) is 2.49. The van der Waals surface area contributed by atoms with Crippen LogP contribution in [-0.4, -0.2) is 26.8 Å². The minimum Gasteiger partial charge on any atom is -0.327 e. The third-order valence-electron chi connectivity index (χ3n) is 6.10. The Bertz CT molecular complexity index is 1500. The van der Waals surface area contributed by atoms with Crippen molar-refractivity contribution in [2.24, 2.45) is 5.73 Å². The van der Waals surface area contributed by atoms with Crippen molar-refractivity contribution in [3.63, 3.8) is 0 Å².